The van der Waals surface area contributed by atoms with Crippen LogP contribution in [0, 0.1) is 0 Å². The summed E-state index contributed by atoms with van der Waals surface area (Å²) in [6.07, 6.45) is 9.46. The van der Waals surface area contributed by atoms with Crippen molar-refractivity contribution in [2.24, 2.45) is 7.05 Å². The van der Waals surface area contributed by atoms with Crippen LogP contribution in [0.15, 0.2) is 49.2 Å². The third kappa shape index (κ3) is 3.48. The first-order valence-corrected chi connectivity index (χ1v) is 7.80. The van der Waals surface area contributed by atoms with E-state index in [1.54, 1.807) is 12.4 Å². The van der Waals surface area contributed by atoms with Gasteiger partial charge >= 0.3 is 0 Å². The Hall–Kier alpha value is -2.47. The minimum Gasteiger partial charge on any atom is -0.308 e. The first-order chi connectivity index (χ1) is 11.1. The molecule has 3 aromatic rings. The van der Waals surface area contributed by atoms with E-state index in [-0.39, 0.29) is 6.04 Å². The van der Waals surface area contributed by atoms with Crippen LogP contribution >= 0.6 is 0 Å². The Balaban J connectivity index is 1.71. The molecule has 0 aliphatic rings. The lowest BCUT2D eigenvalue weighted by Crippen LogP contribution is -2.33. The highest BCUT2D eigenvalue weighted by Crippen LogP contribution is 2.21. The minimum atomic E-state index is 0.283. The predicted molar refractivity (Wildman–Crippen MR) is 89.7 cm³/mol. The largest absolute Gasteiger partial charge is 0.308 e. The van der Waals surface area contributed by atoms with Crippen LogP contribution in [-0.2, 0) is 13.6 Å². The maximum Gasteiger partial charge on any atom is 0.0969 e. The van der Waals surface area contributed by atoms with Crippen LogP contribution in [0.4, 0.5) is 0 Å². The molecule has 0 bridgehead atoms. The fraction of sp³-hybridized carbons (Fsp3) is 0.353. The van der Waals surface area contributed by atoms with Gasteiger partial charge in [-0.3, -0.25) is 14.3 Å². The van der Waals surface area contributed by atoms with Crippen molar-refractivity contribution in [2.75, 3.05) is 0 Å². The van der Waals surface area contributed by atoms with Crippen LogP contribution in [0.1, 0.15) is 25.5 Å². The van der Waals surface area contributed by atoms with Gasteiger partial charge in [0, 0.05) is 61.7 Å². The standard InChI is InChI=1S/C17H22N6/c1-13(14(2)23-10-4-7-20-23)19-11-16-12-22(3)21-17(16)15-5-8-18-9-6-15/h4-10,12-14,19H,11H2,1-3H3/t13-,14-/m0/s1. The smallest absolute Gasteiger partial charge is 0.0969 e. The molecule has 1 N–H and O–H groups in total. The van der Waals surface area contributed by atoms with Crippen LogP contribution < -0.4 is 5.32 Å². The van der Waals surface area contributed by atoms with Gasteiger partial charge in [-0.2, -0.15) is 10.2 Å². The molecule has 0 saturated carbocycles. The summed E-state index contributed by atoms with van der Waals surface area (Å²) in [4.78, 5) is 4.07. The third-order valence-electron chi connectivity index (χ3n) is 4.14. The van der Waals surface area contributed by atoms with Crippen LogP contribution in [0.2, 0.25) is 0 Å². The Kier molecular flexibility index (Phi) is 4.52. The Morgan fingerprint density at radius 2 is 1.96 bits per heavy atom. The molecule has 120 valence electrons. The zero-order chi connectivity index (χ0) is 16.2. The van der Waals surface area contributed by atoms with Crippen molar-refractivity contribution in [1.82, 2.24) is 29.9 Å². The van der Waals surface area contributed by atoms with Crippen LogP contribution in [0.3, 0.4) is 0 Å². The lowest BCUT2D eigenvalue weighted by atomic mass is 10.1. The van der Waals surface area contributed by atoms with Gasteiger partial charge in [0.1, 0.15) is 0 Å². The van der Waals surface area contributed by atoms with Crippen molar-refractivity contribution >= 4 is 0 Å². The highest BCUT2D eigenvalue weighted by atomic mass is 15.3. The summed E-state index contributed by atoms with van der Waals surface area (Å²) < 4.78 is 3.83. The van der Waals surface area contributed by atoms with E-state index in [1.807, 2.05) is 47.0 Å². The molecule has 2 atom stereocenters. The molecule has 3 rings (SSSR count). The Labute approximate surface area is 136 Å². The summed E-state index contributed by atoms with van der Waals surface area (Å²) in [6.45, 7) is 5.10. The van der Waals surface area contributed by atoms with Crippen molar-refractivity contribution in [1.29, 1.82) is 0 Å². The maximum absolute atomic E-state index is 4.58. The molecule has 0 amide bonds. The Morgan fingerprint density at radius 1 is 1.17 bits per heavy atom. The quantitative estimate of drug-likeness (QED) is 0.759. The molecule has 0 saturated heterocycles. The molecule has 0 radical (unpaired) electrons. The molecular weight excluding hydrogens is 288 g/mol. The zero-order valence-electron chi connectivity index (χ0n) is 13.7. The molecule has 23 heavy (non-hydrogen) atoms. The van der Waals surface area contributed by atoms with Gasteiger partial charge < -0.3 is 5.32 Å². The molecule has 0 aromatic carbocycles. The Bertz CT molecular complexity index is 732. The van der Waals surface area contributed by atoms with Crippen LogP contribution in [0.5, 0.6) is 0 Å². The molecular formula is C17H22N6. The number of rotatable bonds is 6. The fourth-order valence-electron chi connectivity index (χ4n) is 2.61. The van der Waals surface area contributed by atoms with E-state index in [4.69, 9.17) is 0 Å². The van der Waals surface area contributed by atoms with Gasteiger partial charge in [0.2, 0.25) is 0 Å². The summed E-state index contributed by atoms with van der Waals surface area (Å²) >= 11 is 0. The second-order valence-corrected chi connectivity index (χ2v) is 5.81. The molecule has 3 aromatic heterocycles. The molecule has 0 fully saturated rings. The molecule has 0 spiro atoms. The van der Waals surface area contributed by atoms with Crippen molar-refractivity contribution in [3.05, 3.63) is 54.7 Å². The van der Waals surface area contributed by atoms with E-state index < -0.39 is 0 Å². The topological polar surface area (TPSA) is 60.6 Å². The molecule has 0 aliphatic carbocycles. The summed E-state index contributed by atoms with van der Waals surface area (Å²) in [7, 11) is 1.95. The van der Waals surface area contributed by atoms with Crippen molar-refractivity contribution in [2.45, 2.75) is 32.5 Å². The third-order valence-corrected chi connectivity index (χ3v) is 4.14. The first-order valence-electron chi connectivity index (χ1n) is 7.80. The minimum absolute atomic E-state index is 0.283. The number of nitrogens with one attached hydrogen (secondary N) is 1. The van der Waals surface area contributed by atoms with Gasteiger partial charge in [-0.05, 0) is 32.0 Å². The lowest BCUT2D eigenvalue weighted by Gasteiger charge is -2.21. The number of pyridine rings is 1. The number of aromatic nitrogens is 5. The van der Waals surface area contributed by atoms with E-state index >= 15 is 0 Å². The maximum atomic E-state index is 4.58. The van der Waals surface area contributed by atoms with Gasteiger partial charge in [0.05, 0.1) is 11.7 Å². The van der Waals surface area contributed by atoms with Crippen molar-refractivity contribution in [3.8, 4) is 11.3 Å². The van der Waals surface area contributed by atoms with E-state index in [0.717, 1.165) is 17.8 Å². The van der Waals surface area contributed by atoms with Crippen molar-refractivity contribution in [3.63, 3.8) is 0 Å². The number of aryl methyl sites for hydroxylation is 1. The molecule has 6 nitrogen and oxygen atoms in total. The molecule has 0 aliphatic heterocycles. The summed E-state index contributed by atoms with van der Waals surface area (Å²) in [5.74, 6) is 0. The number of hydrogen-bond acceptors (Lipinski definition) is 4. The van der Waals surface area contributed by atoms with Gasteiger partial charge in [-0.25, -0.2) is 0 Å². The average Bonchev–Trinajstić information content (AvgIpc) is 3.22. The molecule has 6 heteroatoms. The van der Waals surface area contributed by atoms with E-state index in [2.05, 4.69) is 40.5 Å². The number of hydrogen-bond donors (Lipinski definition) is 1. The van der Waals surface area contributed by atoms with E-state index in [0.29, 0.717) is 6.04 Å². The van der Waals surface area contributed by atoms with Gasteiger partial charge in [-0.15, -0.1) is 0 Å². The van der Waals surface area contributed by atoms with Gasteiger partial charge in [-0.1, -0.05) is 0 Å². The summed E-state index contributed by atoms with van der Waals surface area (Å²) in [5.41, 5.74) is 3.27. The average molecular weight is 310 g/mol. The highest BCUT2D eigenvalue weighted by Gasteiger charge is 2.16. The second-order valence-electron chi connectivity index (χ2n) is 5.81. The summed E-state index contributed by atoms with van der Waals surface area (Å²) in [5, 5.41) is 12.5. The second kappa shape index (κ2) is 6.75. The fourth-order valence-corrected chi connectivity index (χ4v) is 2.61. The van der Waals surface area contributed by atoms with Gasteiger partial charge in [0.25, 0.3) is 0 Å². The SMILES string of the molecule is C[C@H](NCc1cn(C)nc1-c1ccncc1)[C@H](C)n1cccn1. The Morgan fingerprint density at radius 3 is 2.65 bits per heavy atom. The van der Waals surface area contributed by atoms with E-state index in [1.165, 1.54) is 5.56 Å². The highest BCUT2D eigenvalue weighted by molar-refractivity contribution is 5.61. The predicted octanol–water partition coefficient (Wildman–Crippen LogP) is 2.42. The normalized spacial score (nSPS) is 13.9. The van der Waals surface area contributed by atoms with E-state index in [9.17, 15) is 0 Å². The molecule has 0 unspecified atom stereocenters. The number of nitrogens with zero attached hydrogens (tertiary/aromatic N) is 5. The summed E-state index contributed by atoms with van der Waals surface area (Å²) in [6, 6.07) is 6.50. The van der Waals surface area contributed by atoms with Gasteiger partial charge in [0.15, 0.2) is 0 Å². The molecule has 3 heterocycles. The lowest BCUT2D eigenvalue weighted by molar-refractivity contribution is 0.365. The van der Waals surface area contributed by atoms with Crippen LogP contribution in [0.25, 0.3) is 11.3 Å². The zero-order valence-corrected chi connectivity index (χ0v) is 13.7. The van der Waals surface area contributed by atoms with Crippen molar-refractivity contribution < 1.29 is 0 Å². The van der Waals surface area contributed by atoms with Crippen LogP contribution in [-0.4, -0.2) is 30.6 Å². The first kappa shape index (κ1) is 15.4. The monoisotopic (exact) mass is 310 g/mol.